The van der Waals surface area contributed by atoms with Crippen molar-refractivity contribution in [2.45, 2.75) is 51.5 Å². The number of H-pyrrole nitrogens is 1. The average Bonchev–Trinajstić information content (AvgIpc) is 3.18. The summed E-state index contributed by atoms with van der Waals surface area (Å²) >= 11 is 0. The molecule has 0 spiro atoms. The van der Waals surface area contributed by atoms with Crippen molar-refractivity contribution in [1.29, 1.82) is 5.26 Å². The van der Waals surface area contributed by atoms with Crippen LogP contribution in [0.4, 0.5) is 0 Å². The molecule has 1 unspecified atom stereocenters. The summed E-state index contributed by atoms with van der Waals surface area (Å²) in [5.41, 5.74) is 2.74. The number of carbonyl (C=O) groups is 2. The fourth-order valence-electron chi connectivity index (χ4n) is 4.31. The summed E-state index contributed by atoms with van der Waals surface area (Å²) in [5.74, 6) is -2.63. The Labute approximate surface area is 207 Å². The third-order valence-electron chi connectivity index (χ3n) is 5.82. The molecule has 2 aromatic rings. The first-order valence-corrected chi connectivity index (χ1v) is 11.0. The van der Waals surface area contributed by atoms with Crippen molar-refractivity contribution in [3.63, 3.8) is 0 Å². The number of nitriles is 1. The number of aromatic amines is 1. The van der Waals surface area contributed by atoms with E-state index < -0.39 is 53.2 Å². The molecule has 2 aliphatic rings. The molecule has 0 saturated carbocycles. The number of hydrogen-bond donors (Lipinski definition) is 2. The van der Waals surface area contributed by atoms with E-state index in [4.69, 9.17) is 29.1 Å². The van der Waals surface area contributed by atoms with E-state index in [0.29, 0.717) is 0 Å². The van der Waals surface area contributed by atoms with Crippen LogP contribution in [0.25, 0.3) is 0 Å². The van der Waals surface area contributed by atoms with E-state index in [1.165, 1.54) is 26.8 Å². The van der Waals surface area contributed by atoms with Crippen molar-refractivity contribution < 1.29 is 33.0 Å². The number of carbonyl (C=O) groups excluding carboxylic acids is 2. The van der Waals surface area contributed by atoms with Gasteiger partial charge in [-0.15, -0.1) is 0 Å². The summed E-state index contributed by atoms with van der Waals surface area (Å²) in [7, 11) is 0. The standard InChI is InChI=1S/C23H22N4O10/c1-9-4-15-19(22(31)34-9)18(12(6-24)20(25)37-15)13-7-27(23(32)26-21(13)30)17-5-14(35-11(3)29)16(36-17)8-33-10(2)28/h4,7,14,16-18H,5,8,25H2,1-3H3,(H,26,30,32)/t14-,16+,17+,18?/m0/s1. The van der Waals surface area contributed by atoms with Gasteiger partial charge in [0.25, 0.3) is 5.56 Å². The number of nitrogens with zero attached hydrogens (tertiary/aromatic N) is 2. The Morgan fingerprint density at radius 1 is 1.27 bits per heavy atom. The first-order chi connectivity index (χ1) is 17.5. The lowest BCUT2D eigenvalue weighted by atomic mass is 9.85. The lowest BCUT2D eigenvalue weighted by Gasteiger charge is -2.25. The van der Waals surface area contributed by atoms with Gasteiger partial charge in [0.15, 0.2) is 0 Å². The van der Waals surface area contributed by atoms with Crippen LogP contribution in [-0.2, 0) is 23.8 Å². The molecule has 2 aromatic heterocycles. The second-order valence-corrected chi connectivity index (χ2v) is 8.41. The van der Waals surface area contributed by atoms with Crippen molar-refractivity contribution >= 4 is 11.9 Å². The maximum Gasteiger partial charge on any atom is 0.343 e. The van der Waals surface area contributed by atoms with Gasteiger partial charge in [-0.25, -0.2) is 9.59 Å². The number of hydrogen-bond acceptors (Lipinski definition) is 12. The molecule has 4 heterocycles. The van der Waals surface area contributed by atoms with Gasteiger partial charge < -0.3 is 29.1 Å². The molecule has 3 N–H and O–H groups in total. The Bertz CT molecular complexity index is 1530. The fourth-order valence-corrected chi connectivity index (χ4v) is 4.31. The summed E-state index contributed by atoms with van der Waals surface area (Å²) in [6.45, 7) is 3.65. The lowest BCUT2D eigenvalue weighted by Crippen LogP contribution is -2.37. The Hall–Kier alpha value is -4.64. The van der Waals surface area contributed by atoms with Crippen LogP contribution in [-0.4, -0.2) is 40.3 Å². The molecule has 194 valence electrons. The van der Waals surface area contributed by atoms with Crippen molar-refractivity contribution in [1.82, 2.24) is 9.55 Å². The monoisotopic (exact) mass is 514 g/mol. The molecule has 37 heavy (non-hydrogen) atoms. The number of ether oxygens (including phenoxy) is 4. The van der Waals surface area contributed by atoms with Gasteiger partial charge in [-0.2, -0.15) is 5.26 Å². The molecule has 4 atom stereocenters. The topological polar surface area (TPSA) is 206 Å². The van der Waals surface area contributed by atoms with Gasteiger partial charge in [-0.3, -0.25) is 23.9 Å². The maximum absolute atomic E-state index is 12.9. The Morgan fingerprint density at radius 3 is 2.65 bits per heavy atom. The molecule has 1 saturated heterocycles. The highest BCUT2D eigenvalue weighted by Crippen LogP contribution is 2.39. The smallest absolute Gasteiger partial charge is 0.343 e. The number of rotatable bonds is 5. The summed E-state index contributed by atoms with van der Waals surface area (Å²) in [4.78, 5) is 63.4. The van der Waals surface area contributed by atoms with Crippen LogP contribution in [0.5, 0.6) is 5.75 Å². The van der Waals surface area contributed by atoms with Crippen molar-refractivity contribution in [2.24, 2.45) is 5.73 Å². The second-order valence-electron chi connectivity index (χ2n) is 8.41. The Morgan fingerprint density at radius 2 is 2.00 bits per heavy atom. The van der Waals surface area contributed by atoms with Crippen LogP contribution < -0.4 is 27.3 Å². The van der Waals surface area contributed by atoms with Crippen LogP contribution in [0.15, 0.2) is 42.5 Å². The minimum absolute atomic E-state index is 0.000819. The number of allylic oxidation sites excluding steroid dienone is 1. The van der Waals surface area contributed by atoms with Gasteiger partial charge in [0.1, 0.15) is 48.2 Å². The Kier molecular flexibility index (Phi) is 6.73. The van der Waals surface area contributed by atoms with Crippen LogP contribution in [0, 0.1) is 18.3 Å². The summed E-state index contributed by atoms with van der Waals surface area (Å²) < 4.78 is 27.7. The van der Waals surface area contributed by atoms with Crippen molar-refractivity contribution in [3.05, 3.63) is 71.9 Å². The quantitative estimate of drug-likeness (QED) is 0.498. The predicted molar refractivity (Wildman–Crippen MR) is 121 cm³/mol. The molecule has 0 aliphatic carbocycles. The third kappa shape index (κ3) is 4.89. The molecule has 0 radical (unpaired) electrons. The molecule has 14 heteroatoms. The molecule has 0 aromatic carbocycles. The first-order valence-electron chi connectivity index (χ1n) is 11.0. The molecular formula is C23H22N4O10. The van der Waals surface area contributed by atoms with E-state index in [2.05, 4.69) is 4.98 Å². The van der Waals surface area contributed by atoms with E-state index in [1.807, 2.05) is 6.07 Å². The van der Waals surface area contributed by atoms with Gasteiger partial charge in [-0.1, -0.05) is 0 Å². The van der Waals surface area contributed by atoms with Crippen molar-refractivity contribution in [3.8, 4) is 11.8 Å². The third-order valence-corrected chi connectivity index (χ3v) is 5.82. The molecule has 2 aliphatic heterocycles. The molecular weight excluding hydrogens is 492 g/mol. The van der Waals surface area contributed by atoms with Gasteiger partial charge in [0.2, 0.25) is 5.88 Å². The zero-order chi connectivity index (χ0) is 27.0. The summed E-state index contributed by atoms with van der Waals surface area (Å²) in [5, 5.41) is 9.75. The highest BCUT2D eigenvalue weighted by Gasteiger charge is 2.41. The maximum atomic E-state index is 12.9. The van der Waals surface area contributed by atoms with E-state index in [-0.39, 0.29) is 47.1 Å². The number of esters is 2. The first kappa shape index (κ1) is 25.5. The number of aromatic nitrogens is 2. The predicted octanol–water partition coefficient (Wildman–Crippen LogP) is -0.201. The molecule has 0 bridgehead atoms. The SMILES string of the molecule is CC(=O)OC[C@H]1O[C@@H](n2cc(C3C(C#N)=C(N)Oc4cc(C)oc(=O)c43)c(=O)[nH]c2=O)C[C@@H]1OC(C)=O. The number of aryl methyl sites for hydroxylation is 1. The number of nitrogens with two attached hydrogens (primary N) is 1. The highest BCUT2D eigenvalue weighted by atomic mass is 16.6. The summed E-state index contributed by atoms with van der Waals surface area (Å²) in [6.07, 6.45) is -1.72. The van der Waals surface area contributed by atoms with E-state index in [1.54, 1.807) is 0 Å². The minimum Gasteiger partial charge on any atom is -0.463 e. The second kappa shape index (κ2) is 9.78. The van der Waals surface area contributed by atoms with Crippen LogP contribution in [0.1, 0.15) is 49.3 Å². The van der Waals surface area contributed by atoms with E-state index >= 15 is 0 Å². The molecule has 1 fully saturated rings. The van der Waals surface area contributed by atoms with Gasteiger partial charge >= 0.3 is 23.3 Å². The van der Waals surface area contributed by atoms with Crippen LogP contribution >= 0.6 is 0 Å². The molecule has 4 rings (SSSR count). The van der Waals surface area contributed by atoms with E-state index in [9.17, 15) is 29.2 Å². The fraction of sp³-hybridized carbons (Fsp3) is 0.391. The molecule has 14 nitrogen and oxygen atoms in total. The van der Waals surface area contributed by atoms with Crippen molar-refractivity contribution in [2.75, 3.05) is 6.61 Å². The molecule has 0 amide bonds. The number of fused-ring (bicyclic) bond motifs is 1. The highest BCUT2D eigenvalue weighted by molar-refractivity contribution is 5.66. The Balaban J connectivity index is 1.81. The largest absolute Gasteiger partial charge is 0.463 e. The zero-order valence-electron chi connectivity index (χ0n) is 19.9. The van der Waals surface area contributed by atoms with E-state index in [0.717, 1.165) is 10.8 Å². The summed E-state index contributed by atoms with van der Waals surface area (Å²) in [6, 6.07) is 3.24. The minimum atomic E-state index is -1.32. The lowest BCUT2D eigenvalue weighted by molar-refractivity contribution is -0.155. The van der Waals surface area contributed by atoms with Gasteiger partial charge in [-0.05, 0) is 6.92 Å². The average molecular weight is 514 g/mol. The normalized spacial score (nSPS) is 22.5. The number of nitrogens with one attached hydrogen (secondary N) is 1. The van der Waals surface area contributed by atoms with Crippen LogP contribution in [0.2, 0.25) is 0 Å². The van der Waals surface area contributed by atoms with Gasteiger partial charge in [0, 0.05) is 38.1 Å². The zero-order valence-corrected chi connectivity index (χ0v) is 19.9. The van der Waals surface area contributed by atoms with Crippen LogP contribution in [0.3, 0.4) is 0 Å². The van der Waals surface area contributed by atoms with Gasteiger partial charge in [0.05, 0.1) is 11.5 Å².